The Hall–Kier alpha value is -1.88. The summed E-state index contributed by atoms with van der Waals surface area (Å²) in [7, 11) is 0. The Morgan fingerprint density at radius 3 is 2.84 bits per heavy atom. The van der Waals surface area contributed by atoms with E-state index in [9.17, 15) is 14.7 Å². The summed E-state index contributed by atoms with van der Waals surface area (Å²) in [6.45, 7) is 7.53. The molecule has 136 valence electrons. The van der Waals surface area contributed by atoms with Crippen molar-refractivity contribution in [2.45, 2.75) is 53.1 Å². The average molecular weight is 346 g/mol. The predicted octanol–water partition coefficient (Wildman–Crippen LogP) is 3.23. The Balaban J connectivity index is 1.86. The van der Waals surface area contributed by atoms with Crippen LogP contribution in [0, 0.1) is 24.2 Å². The van der Waals surface area contributed by atoms with Crippen molar-refractivity contribution < 1.29 is 23.8 Å². The molecule has 1 saturated carbocycles. The van der Waals surface area contributed by atoms with Crippen molar-refractivity contribution in [3.05, 3.63) is 34.8 Å². The molecule has 0 aromatic carbocycles. The van der Waals surface area contributed by atoms with Crippen LogP contribution in [0.15, 0.2) is 22.3 Å². The van der Waals surface area contributed by atoms with Gasteiger partial charge in [-0.3, -0.25) is 4.79 Å². The van der Waals surface area contributed by atoms with E-state index in [4.69, 9.17) is 9.15 Å². The molecule has 0 saturated heterocycles. The van der Waals surface area contributed by atoms with E-state index >= 15 is 0 Å². The van der Waals surface area contributed by atoms with Crippen molar-refractivity contribution in [3.8, 4) is 0 Å². The number of aliphatic hydroxyl groups is 1. The van der Waals surface area contributed by atoms with E-state index in [1.807, 2.05) is 6.92 Å². The molecule has 1 N–H and O–H groups in total. The topological polar surface area (TPSA) is 76.7 Å². The van der Waals surface area contributed by atoms with Crippen LogP contribution in [-0.4, -0.2) is 29.6 Å². The highest BCUT2D eigenvalue weighted by atomic mass is 16.5. The fraction of sp³-hybridized carbons (Fsp3) is 0.600. The molecule has 3 rings (SSSR count). The molecule has 0 radical (unpaired) electrons. The van der Waals surface area contributed by atoms with Crippen LogP contribution < -0.4 is 0 Å². The minimum atomic E-state index is -0.466. The van der Waals surface area contributed by atoms with Crippen molar-refractivity contribution >= 4 is 11.8 Å². The molecule has 5 nitrogen and oxygen atoms in total. The van der Waals surface area contributed by atoms with Crippen molar-refractivity contribution in [2.75, 3.05) is 6.61 Å². The van der Waals surface area contributed by atoms with Crippen LogP contribution in [0.1, 0.15) is 55.3 Å². The number of aliphatic hydroxyl groups excluding tert-OH is 1. The molecule has 1 aromatic rings. The fourth-order valence-electron chi connectivity index (χ4n) is 4.45. The first-order valence-corrected chi connectivity index (χ1v) is 8.91. The summed E-state index contributed by atoms with van der Waals surface area (Å²) in [6.07, 6.45) is 5.07. The van der Waals surface area contributed by atoms with Gasteiger partial charge in [-0.2, -0.15) is 0 Å². The van der Waals surface area contributed by atoms with Gasteiger partial charge in [0, 0.05) is 11.5 Å². The lowest BCUT2D eigenvalue weighted by atomic mass is 9.54. The number of rotatable bonds is 3. The zero-order chi connectivity index (χ0) is 18.4. The van der Waals surface area contributed by atoms with Crippen LogP contribution in [0.3, 0.4) is 0 Å². The number of ketones is 1. The third-order valence-electron chi connectivity index (χ3n) is 6.37. The van der Waals surface area contributed by atoms with Gasteiger partial charge >= 0.3 is 5.97 Å². The third-order valence-corrected chi connectivity index (χ3v) is 6.37. The number of hydrogen-bond donors (Lipinski definition) is 1. The monoisotopic (exact) mass is 346 g/mol. The number of furan rings is 1. The second-order valence-corrected chi connectivity index (χ2v) is 7.61. The normalized spacial score (nSPS) is 32.1. The summed E-state index contributed by atoms with van der Waals surface area (Å²) in [4.78, 5) is 25.1. The number of ether oxygens (including phenoxy) is 1. The number of aryl methyl sites for hydroxylation is 1. The van der Waals surface area contributed by atoms with Crippen molar-refractivity contribution in [1.82, 2.24) is 0 Å². The largest absolute Gasteiger partial charge is 0.461 e. The number of allylic oxidation sites excluding steroid dienone is 1. The summed E-state index contributed by atoms with van der Waals surface area (Å²) in [5, 5.41) is 9.26. The molecular weight excluding hydrogens is 320 g/mol. The van der Waals surface area contributed by atoms with Crippen molar-refractivity contribution in [3.63, 3.8) is 0 Å². The summed E-state index contributed by atoms with van der Waals surface area (Å²) in [5.74, 6) is 0.0660. The van der Waals surface area contributed by atoms with E-state index in [0.717, 1.165) is 17.5 Å². The summed E-state index contributed by atoms with van der Waals surface area (Å²) in [6, 6.07) is 0. The zero-order valence-electron chi connectivity index (χ0n) is 15.3. The van der Waals surface area contributed by atoms with Gasteiger partial charge in [0.1, 0.15) is 6.10 Å². The van der Waals surface area contributed by atoms with Gasteiger partial charge < -0.3 is 14.3 Å². The number of Topliss-reactive ketones (excluding diaryl/α,β-unsaturated/α-hetero) is 1. The lowest BCUT2D eigenvalue weighted by molar-refractivity contribution is -0.155. The first-order chi connectivity index (χ1) is 11.8. The molecular formula is C20H26O5. The van der Waals surface area contributed by atoms with Crippen LogP contribution in [0.25, 0.3) is 0 Å². The molecule has 2 aliphatic carbocycles. The third kappa shape index (κ3) is 2.74. The Kier molecular flexibility index (Phi) is 4.62. The molecule has 4 unspecified atom stereocenters. The molecule has 5 heteroatoms. The number of esters is 1. The first-order valence-electron chi connectivity index (χ1n) is 8.91. The fourth-order valence-corrected chi connectivity index (χ4v) is 4.45. The highest BCUT2D eigenvalue weighted by molar-refractivity contribution is 5.99. The van der Waals surface area contributed by atoms with E-state index in [1.54, 1.807) is 19.3 Å². The highest BCUT2D eigenvalue weighted by Gasteiger charge is 2.54. The Morgan fingerprint density at radius 1 is 1.48 bits per heavy atom. The number of carbonyl (C=O) groups is 2. The maximum Gasteiger partial charge on any atom is 0.336 e. The van der Waals surface area contributed by atoms with E-state index in [2.05, 4.69) is 13.8 Å². The minimum absolute atomic E-state index is 0.0402. The molecule has 2 aliphatic rings. The van der Waals surface area contributed by atoms with Crippen LogP contribution in [0.5, 0.6) is 0 Å². The molecule has 1 fully saturated rings. The first kappa shape index (κ1) is 17.9. The molecule has 0 spiro atoms. The van der Waals surface area contributed by atoms with Crippen LogP contribution in [0.2, 0.25) is 0 Å². The van der Waals surface area contributed by atoms with Gasteiger partial charge in [-0.25, -0.2) is 4.79 Å². The number of carbonyl (C=O) groups excluding carboxylic acids is 2. The highest BCUT2D eigenvalue weighted by Crippen LogP contribution is 2.53. The average Bonchev–Trinajstić information content (AvgIpc) is 2.94. The standard InChI is InChI=1S/C20H26O5/c1-5-13(9-21)19(23)25-16-7-6-15-17(22)18-14(11(2)10-24-18)8-20(15,4)12(16)3/h5,10,12,15-16,21H,6-9H2,1-4H3. The SMILES string of the molecule is CC=C(CO)C(=O)OC1CCC2C(=O)c3occ(C)c3CC2(C)C1C. The molecule has 0 amide bonds. The maximum absolute atomic E-state index is 12.9. The Bertz CT molecular complexity index is 728. The molecule has 1 heterocycles. The maximum atomic E-state index is 12.9. The van der Waals surface area contributed by atoms with Crippen molar-refractivity contribution in [2.24, 2.45) is 17.3 Å². The lowest BCUT2D eigenvalue weighted by Crippen LogP contribution is -2.52. The summed E-state index contributed by atoms with van der Waals surface area (Å²) >= 11 is 0. The summed E-state index contributed by atoms with van der Waals surface area (Å²) in [5.41, 5.74) is 2.00. The van der Waals surface area contributed by atoms with E-state index < -0.39 is 5.97 Å². The van der Waals surface area contributed by atoms with Gasteiger partial charge in [-0.15, -0.1) is 0 Å². The quantitative estimate of drug-likeness (QED) is 0.672. The van der Waals surface area contributed by atoms with Crippen molar-refractivity contribution in [1.29, 1.82) is 0 Å². The molecule has 4 atom stereocenters. The second-order valence-electron chi connectivity index (χ2n) is 7.61. The zero-order valence-corrected chi connectivity index (χ0v) is 15.3. The summed E-state index contributed by atoms with van der Waals surface area (Å²) < 4.78 is 11.2. The van der Waals surface area contributed by atoms with Gasteiger partial charge in [0.15, 0.2) is 5.76 Å². The van der Waals surface area contributed by atoms with Crippen LogP contribution in [0.4, 0.5) is 0 Å². The molecule has 0 aliphatic heterocycles. The number of fused-ring (bicyclic) bond motifs is 2. The Morgan fingerprint density at radius 2 is 2.20 bits per heavy atom. The molecule has 0 bridgehead atoms. The molecule has 1 aromatic heterocycles. The number of hydrogen-bond acceptors (Lipinski definition) is 5. The van der Waals surface area contributed by atoms with E-state index in [0.29, 0.717) is 18.6 Å². The second kappa shape index (κ2) is 6.45. The van der Waals surface area contributed by atoms with Crippen LogP contribution in [-0.2, 0) is 16.0 Å². The predicted molar refractivity (Wildman–Crippen MR) is 92.2 cm³/mol. The lowest BCUT2D eigenvalue weighted by Gasteiger charge is -2.50. The smallest absolute Gasteiger partial charge is 0.336 e. The van der Waals surface area contributed by atoms with Gasteiger partial charge in [-0.05, 0) is 50.0 Å². The Labute approximate surface area is 148 Å². The van der Waals surface area contributed by atoms with Gasteiger partial charge in [0.05, 0.1) is 18.4 Å². The molecule has 25 heavy (non-hydrogen) atoms. The van der Waals surface area contributed by atoms with Gasteiger partial charge in [0.25, 0.3) is 0 Å². The van der Waals surface area contributed by atoms with E-state index in [1.165, 1.54) is 0 Å². The van der Waals surface area contributed by atoms with E-state index in [-0.39, 0.29) is 41.3 Å². The van der Waals surface area contributed by atoms with Gasteiger partial charge in [0.2, 0.25) is 5.78 Å². The minimum Gasteiger partial charge on any atom is -0.461 e. The van der Waals surface area contributed by atoms with Gasteiger partial charge in [-0.1, -0.05) is 19.9 Å². The van der Waals surface area contributed by atoms with Crippen LogP contribution >= 0.6 is 0 Å².